The zero-order valence-electron chi connectivity index (χ0n) is 29.4. The molecule has 1 aromatic heterocycles. The Morgan fingerprint density at radius 2 is 1.57 bits per heavy atom. The molecule has 0 aromatic carbocycles. The van der Waals surface area contributed by atoms with E-state index in [2.05, 4.69) is 17.2 Å². The molecule has 0 unspecified atom stereocenters. The third kappa shape index (κ3) is 12.3. The van der Waals surface area contributed by atoms with E-state index in [4.69, 9.17) is 18.6 Å². The fourth-order valence-corrected chi connectivity index (χ4v) is 5.80. The zero-order chi connectivity index (χ0) is 34.8. The summed E-state index contributed by atoms with van der Waals surface area (Å²) in [6.45, 7) is 17.0. The second-order valence-electron chi connectivity index (χ2n) is 14.7. The standard InChI is InChI=1S/C33H57F2N3O7Si/c1-10-11-12-13-14-15-16-17-18-19-20-26(39)44-27-24(23-42-46(8,9)32(5,6)7)43-28(33(27,34)35)38-22-21-25(36-29(38)40)37-30(41)45-31(2,3)4/h21-22,24,27-28H,10-20,23H2,1-9H3,(H,36,37,40,41)/t24-,27-,28-/m1/s1. The lowest BCUT2D eigenvalue weighted by Gasteiger charge is -2.37. The predicted molar refractivity (Wildman–Crippen MR) is 177 cm³/mol. The highest BCUT2D eigenvalue weighted by atomic mass is 28.4. The number of nitrogens with one attached hydrogen (secondary N) is 1. The van der Waals surface area contributed by atoms with Crippen molar-refractivity contribution in [1.29, 1.82) is 0 Å². The fourth-order valence-electron chi connectivity index (χ4n) is 4.78. The maximum absolute atomic E-state index is 16.0. The highest BCUT2D eigenvalue weighted by Gasteiger charge is 2.62. The number of hydrogen-bond donors (Lipinski definition) is 1. The van der Waals surface area contributed by atoms with Crippen LogP contribution in [0.5, 0.6) is 0 Å². The molecule has 1 N–H and O–H groups in total. The maximum Gasteiger partial charge on any atom is 0.413 e. The first-order chi connectivity index (χ1) is 21.3. The molecule has 1 aliphatic rings. The number of halogens is 2. The summed E-state index contributed by atoms with van der Waals surface area (Å²) in [4.78, 5) is 41.5. The first kappa shape index (κ1) is 39.8. The minimum Gasteiger partial charge on any atom is -0.453 e. The summed E-state index contributed by atoms with van der Waals surface area (Å²) in [5.74, 6) is -4.69. The van der Waals surface area contributed by atoms with Gasteiger partial charge in [-0.1, -0.05) is 85.5 Å². The molecule has 10 nitrogen and oxygen atoms in total. The summed E-state index contributed by atoms with van der Waals surface area (Å²) in [5.41, 5.74) is -1.88. The van der Waals surface area contributed by atoms with Crippen LogP contribution in [-0.4, -0.2) is 60.3 Å². The van der Waals surface area contributed by atoms with E-state index in [1.807, 2.05) is 33.9 Å². The number of carbonyl (C=O) groups is 2. The lowest BCUT2D eigenvalue weighted by Crippen LogP contribution is -2.47. The topological polar surface area (TPSA) is 118 Å². The van der Waals surface area contributed by atoms with E-state index in [-0.39, 0.29) is 23.9 Å². The molecule has 2 rings (SSSR count). The number of ether oxygens (including phenoxy) is 3. The van der Waals surface area contributed by atoms with Gasteiger partial charge >= 0.3 is 23.7 Å². The highest BCUT2D eigenvalue weighted by Crippen LogP contribution is 2.45. The molecule has 0 aliphatic carbocycles. The van der Waals surface area contributed by atoms with E-state index in [0.717, 1.165) is 31.9 Å². The van der Waals surface area contributed by atoms with E-state index in [0.29, 0.717) is 11.0 Å². The van der Waals surface area contributed by atoms with Crippen LogP contribution in [0.15, 0.2) is 17.1 Å². The van der Waals surface area contributed by atoms with Crippen LogP contribution in [0.3, 0.4) is 0 Å². The second-order valence-corrected chi connectivity index (χ2v) is 19.6. The van der Waals surface area contributed by atoms with E-state index in [9.17, 15) is 14.4 Å². The van der Waals surface area contributed by atoms with Gasteiger partial charge in [-0.15, -0.1) is 0 Å². The molecule has 0 saturated carbocycles. The molecule has 1 aliphatic heterocycles. The maximum atomic E-state index is 16.0. The smallest absolute Gasteiger partial charge is 0.413 e. The monoisotopic (exact) mass is 673 g/mol. The Kier molecular flexibility index (Phi) is 14.8. The van der Waals surface area contributed by atoms with Crippen molar-refractivity contribution in [3.8, 4) is 0 Å². The number of hydrogen-bond acceptors (Lipinski definition) is 8. The van der Waals surface area contributed by atoms with Crippen LogP contribution in [0.4, 0.5) is 19.4 Å². The lowest BCUT2D eigenvalue weighted by molar-refractivity contribution is -0.176. The van der Waals surface area contributed by atoms with Crippen LogP contribution in [-0.2, 0) is 23.4 Å². The average molecular weight is 674 g/mol. The Balaban J connectivity index is 2.12. The normalized spacial score (nSPS) is 20.0. The number of carbonyl (C=O) groups excluding carboxylic acids is 2. The molecule has 13 heteroatoms. The van der Waals surface area contributed by atoms with Crippen molar-refractivity contribution in [3.05, 3.63) is 22.7 Å². The number of unbranched alkanes of at least 4 members (excludes halogenated alkanes) is 9. The Hall–Kier alpha value is -2.38. The number of rotatable bonds is 17. The van der Waals surface area contributed by atoms with Gasteiger partial charge in [0.25, 0.3) is 0 Å². The van der Waals surface area contributed by atoms with Gasteiger partial charge < -0.3 is 18.6 Å². The highest BCUT2D eigenvalue weighted by molar-refractivity contribution is 6.74. The molecule has 1 aromatic rings. The number of anilines is 1. The summed E-state index contributed by atoms with van der Waals surface area (Å²) in [5, 5.41) is 2.12. The van der Waals surface area contributed by atoms with Crippen LogP contribution in [0.2, 0.25) is 18.1 Å². The minimum atomic E-state index is -3.78. The van der Waals surface area contributed by atoms with Gasteiger partial charge in [0.05, 0.1) is 6.61 Å². The number of esters is 1. The van der Waals surface area contributed by atoms with Crippen LogP contribution >= 0.6 is 0 Å². The minimum absolute atomic E-state index is 0.0100. The van der Waals surface area contributed by atoms with E-state index >= 15 is 8.78 Å². The molecule has 1 amide bonds. The van der Waals surface area contributed by atoms with Gasteiger partial charge in [0.1, 0.15) is 17.5 Å². The SMILES string of the molecule is CCCCCCCCCCCCC(=O)O[C@@H]1[C@@H](CO[Si](C)(C)C(C)(C)C)O[C@@H](n2ccc(NC(=O)OC(C)(C)C)nc2=O)C1(F)F. The van der Waals surface area contributed by atoms with Crippen LogP contribution in [0.1, 0.15) is 125 Å². The van der Waals surface area contributed by atoms with Gasteiger partial charge in [-0.3, -0.25) is 14.7 Å². The van der Waals surface area contributed by atoms with E-state index < -0.39 is 56.0 Å². The summed E-state index contributed by atoms with van der Waals surface area (Å²) >= 11 is 0. The molecular weight excluding hydrogens is 616 g/mol. The van der Waals surface area contributed by atoms with Gasteiger partial charge in [-0.05, 0) is 51.4 Å². The van der Waals surface area contributed by atoms with Crippen LogP contribution in [0.25, 0.3) is 0 Å². The molecule has 2 heterocycles. The third-order valence-electron chi connectivity index (χ3n) is 8.47. The van der Waals surface area contributed by atoms with Crippen molar-refractivity contribution in [2.75, 3.05) is 11.9 Å². The van der Waals surface area contributed by atoms with Crippen LogP contribution in [0, 0.1) is 0 Å². The molecule has 264 valence electrons. The first-order valence-corrected chi connectivity index (χ1v) is 19.6. The molecule has 46 heavy (non-hydrogen) atoms. The van der Waals surface area contributed by atoms with Crippen molar-refractivity contribution in [2.45, 2.75) is 167 Å². The summed E-state index contributed by atoms with van der Waals surface area (Å²) in [6.07, 6.45) is 5.59. The molecule has 0 spiro atoms. The average Bonchev–Trinajstić information content (AvgIpc) is 3.16. The summed E-state index contributed by atoms with van der Waals surface area (Å²) in [6, 6.07) is 1.19. The lowest BCUT2D eigenvalue weighted by atomic mass is 10.1. The first-order valence-electron chi connectivity index (χ1n) is 16.7. The van der Waals surface area contributed by atoms with Gasteiger partial charge in [0.2, 0.25) is 6.23 Å². The predicted octanol–water partition coefficient (Wildman–Crippen LogP) is 8.37. The van der Waals surface area contributed by atoms with Gasteiger partial charge in [-0.2, -0.15) is 13.8 Å². The van der Waals surface area contributed by atoms with Crippen molar-refractivity contribution in [2.24, 2.45) is 0 Å². The van der Waals surface area contributed by atoms with Crippen molar-refractivity contribution in [1.82, 2.24) is 9.55 Å². The van der Waals surface area contributed by atoms with Crippen molar-refractivity contribution >= 4 is 26.2 Å². The van der Waals surface area contributed by atoms with Crippen LogP contribution < -0.4 is 11.0 Å². The number of alkyl halides is 2. The molecule has 3 atom stereocenters. The van der Waals surface area contributed by atoms with Gasteiger partial charge in [-0.25, -0.2) is 9.59 Å². The Morgan fingerprint density at radius 1 is 1.00 bits per heavy atom. The quantitative estimate of drug-likeness (QED) is 0.0996. The van der Waals surface area contributed by atoms with Gasteiger partial charge in [0.15, 0.2) is 14.4 Å². The Bertz CT molecular complexity index is 1180. The summed E-state index contributed by atoms with van der Waals surface area (Å²) < 4.78 is 55.1. The van der Waals surface area contributed by atoms with E-state index in [1.165, 1.54) is 38.2 Å². The molecule has 1 saturated heterocycles. The second kappa shape index (κ2) is 17.1. The van der Waals surface area contributed by atoms with Crippen molar-refractivity contribution < 1.29 is 37.0 Å². The zero-order valence-corrected chi connectivity index (χ0v) is 30.4. The van der Waals surface area contributed by atoms with E-state index in [1.54, 1.807) is 20.8 Å². The van der Waals surface area contributed by atoms with Crippen molar-refractivity contribution in [3.63, 3.8) is 0 Å². The molecular formula is C33H57F2N3O7Si. The third-order valence-corrected chi connectivity index (χ3v) is 13.0. The molecule has 0 bridgehead atoms. The summed E-state index contributed by atoms with van der Waals surface area (Å²) in [7, 11) is -2.39. The largest absolute Gasteiger partial charge is 0.453 e. The Morgan fingerprint density at radius 3 is 2.09 bits per heavy atom. The number of aromatic nitrogens is 2. The molecule has 0 radical (unpaired) electrons. The van der Waals surface area contributed by atoms with Gasteiger partial charge in [0, 0.05) is 12.6 Å². The Labute approximate surface area is 274 Å². The molecule has 1 fully saturated rings. The fraction of sp³-hybridized carbons (Fsp3) is 0.818. The number of amides is 1. The number of nitrogens with zero attached hydrogens (tertiary/aromatic N) is 2.